The maximum absolute atomic E-state index is 12.5. The van der Waals surface area contributed by atoms with Gasteiger partial charge in [0.15, 0.2) is 0 Å². The number of aromatic carboxylic acids is 1. The second-order valence-electron chi connectivity index (χ2n) is 6.59. The average Bonchev–Trinajstić information content (AvgIpc) is 2.66. The molecule has 2 aromatic carbocycles. The number of ether oxygens (including phenoxy) is 1. The Kier molecular flexibility index (Phi) is 5.40. The van der Waals surface area contributed by atoms with Crippen molar-refractivity contribution in [2.45, 2.75) is 24.8 Å². The van der Waals surface area contributed by atoms with Crippen LogP contribution in [-0.2, 0) is 10.0 Å². The van der Waals surface area contributed by atoms with Gasteiger partial charge in [-0.2, -0.15) is 0 Å². The van der Waals surface area contributed by atoms with E-state index < -0.39 is 21.6 Å². The Hall–Kier alpha value is -3.24. The molecule has 10 heteroatoms. The Balaban J connectivity index is 2.20. The first-order chi connectivity index (χ1) is 13.6. The molecular formula is C19H19N3O6S. The number of hydrogen-bond acceptors (Lipinski definition) is 6. The van der Waals surface area contributed by atoms with Gasteiger partial charge in [0.25, 0.3) is 5.56 Å². The first-order valence-corrected chi connectivity index (χ1v) is 10.1. The maximum atomic E-state index is 12.5. The topological polar surface area (TPSA) is 138 Å². The van der Waals surface area contributed by atoms with Crippen LogP contribution >= 0.6 is 0 Å². The predicted molar refractivity (Wildman–Crippen MR) is 107 cm³/mol. The zero-order valence-electron chi connectivity index (χ0n) is 15.9. The Morgan fingerprint density at radius 1 is 1.21 bits per heavy atom. The van der Waals surface area contributed by atoms with Crippen LogP contribution in [-0.4, -0.2) is 42.6 Å². The van der Waals surface area contributed by atoms with E-state index in [4.69, 9.17) is 9.84 Å². The van der Waals surface area contributed by atoms with Crippen molar-refractivity contribution in [3.8, 4) is 17.1 Å². The average molecular weight is 417 g/mol. The highest BCUT2D eigenvalue weighted by Crippen LogP contribution is 2.30. The van der Waals surface area contributed by atoms with Crippen LogP contribution < -0.4 is 15.0 Å². The van der Waals surface area contributed by atoms with E-state index in [0.29, 0.717) is 5.75 Å². The number of H-pyrrole nitrogens is 1. The van der Waals surface area contributed by atoms with Crippen LogP contribution in [0.1, 0.15) is 24.2 Å². The van der Waals surface area contributed by atoms with Gasteiger partial charge in [0.05, 0.1) is 34.0 Å². The van der Waals surface area contributed by atoms with Crippen LogP contribution in [0, 0.1) is 0 Å². The van der Waals surface area contributed by atoms with Crippen molar-refractivity contribution in [3.05, 3.63) is 52.3 Å². The van der Waals surface area contributed by atoms with E-state index in [1.54, 1.807) is 13.8 Å². The number of benzene rings is 2. The SMILES string of the molecule is COc1ccc(S(=O)(=O)NC(C)C)cc1-c1nc2ccc(C(=O)O)cc2c(=O)[nH]1. The van der Waals surface area contributed by atoms with Gasteiger partial charge >= 0.3 is 5.97 Å². The smallest absolute Gasteiger partial charge is 0.335 e. The molecule has 0 spiro atoms. The Labute approximate surface area is 166 Å². The molecule has 0 saturated heterocycles. The van der Waals surface area contributed by atoms with Gasteiger partial charge in [0.2, 0.25) is 10.0 Å². The number of hydrogen-bond donors (Lipinski definition) is 3. The number of fused-ring (bicyclic) bond motifs is 1. The molecule has 0 aliphatic heterocycles. The molecular weight excluding hydrogens is 398 g/mol. The normalized spacial score (nSPS) is 11.7. The van der Waals surface area contributed by atoms with E-state index >= 15 is 0 Å². The van der Waals surface area contributed by atoms with Crippen LogP contribution in [0.5, 0.6) is 5.75 Å². The van der Waals surface area contributed by atoms with Gasteiger partial charge in [-0.15, -0.1) is 0 Å². The first kappa shape index (κ1) is 20.5. The Morgan fingerprint density at radius 2 is 1.93 bits per heavy atom. The number of aromatic amines is 1. The molecule has 3 rings (SSSR count). The summed E-state index contributed by atoms with van der Waals surface area (Å²) < 4.78 is 32.8. The van der Waals surface area contributed by atoms with Crippen LogP contribution in [0.2, 0.25) is 0 Å². The number of nitrogens with one attached hydrogen (secondary N) is 2. The van der Waals surface area contributed by atoms with E-state index in [9.17, 15) is 18.0 Å². The highest BCUT2D eigenvalue weighted by atomic mass is 32.2. The zero-order valence-corrected chi connectivity index (χ0v) is 16.7. The van der Waals surface area contributed by atoms with E-state index in [2.05, 4.69) is 14.7 Å². The summed E-state index contributed by atoms with van der Waals surface area (Å²) in [4.78, 5) is 30.6. The fourth-order valence-corrected chi connectivity index (χ4v) is 4.09. The molecule has 0 bridgehead atoms. The summed E-state index contributed by atoms with van der Waals surface area (Å²) in [5.74, 6) is -0.741. The summed E-state index contributed by atoms with van der Waals surface area (Å²) in [6.45, 7) is 3.41. The number of carboxylic acids is 1. The molecule has 1 heterocycles. The summed E-state index contributed by atoms with van der Waals surface area (Å²) >= 11 is 0. The summed E-state index contributed by atoms with van der Waals surface area (Å²) in [5.41, 5.74) is -0.0449. The van der Waals surface area contributed by atoms with Crippen molar-refractivity contribution in [2.24, 2.45) is 0 Å². The quantitative estimate of drug-likeness (QED) is 0.557. The number of methoxy groups -OCH3 is 1. The number of aromatic nitrogens is 2. The molecule has 3 N–H and O–H groups in total. The molecule has 0 radical (unpaired) electrons. The lowest BCUT2D eigenvalue weighted by Gasteiger charge is -2.13. The lowest BCUT2D eigenvalue weighted by atomic mass is 10.1. The van der Waals surface area contributed by atoms with Crippen LogP contribution in [0.4, 0.5) is 0 Å². The molecule has 0 aliphatic carbocycles. The Bertz CT molecular complexity index is 1260. The minimum atomic E-state index is -3.77. The fraction of sp³-hybridized carbons (Fsp3) is 0.211. The number of sulfonamides is 1. The fourth-order valence-electron chi connectivity index (χ4n) is 2.82. The molecule has 0 atom stereocenters. The lowest BCUT2D eigenvalue weighted by molar-refractivity contribution is 0.0697. The number of nitrogens with zero attached hydrogens (tertiary/aromatic N) is 1. The second-order valence-corrected chi connectivity index (χ2v) is 8.30. The molecule has 0 unspecified atom stereocenters. The van der Waals surface area contributed by atoms with Gasteiger partial charge in [-0.05, 0) is 50.2 Å². The third kappa shape index (κ3) is 4.13. The molecule has 3 aromatic rings. The number of carbonyl (C=O) groups is 1. The van der Waals surface area contributed by atoms with Crippen molar-refractivity contribution in [2.75, 3.05) is 7.11 Å². The van der Waals surface area contributed by atoms with Gasteiger partial charge in [-0.3, -0.25) is 4.79 Å². The molecule has 0 saturated carbocycles. The van der Waals surface area contributed by atoms with Crippen LogP contribution in [0.3, 0.4) is 0 Å². The molecule has 152 valence electrons. The molecule has 9 nitrogen and oxygen atoms in total. The Morgan fingerprint density at radius 3 is 2.55 bits per heavy atom. The van der Waals surface area contributed by atoms with E-state index in [1.807, 2.05) is 0 Å². The van der Waals surface area contributed by atoms with Crippen molar-refractivity contribution >= 4 is 26.9 Å². The molecule has 0 fully saturated rings. The summed E-state index contributed by atoms with van der Waals surface area (Å²) in [6, 6.07) is 7.92. The van der Waals surface area contributed by atoms with Crippen molar-refractivity contribution in [3.63, 3.8) is 0 Å². The molecule has 0 amide bonds. The van der Waals surface area contributed by atoms with Crippen molar-refractivity contribution < 1.29 is 23.1 Å². The highest BCUT2D eigenvalue weighted by molar-refractivity contribution is 7.89. The maximum Gasteiger partial charge on any atom is 0.335 e. The minimum absolute atomic E-state index is 0.00836. The van der Waals surface area contributed by atoms with Crippen LogP contribution in [0.15, 0.2) is 46.1 Å². The van der Waals surface area contributed by atoms with Gasteiger partial charge in [-0.25, -0.2) is 22.9 Å². The molecule has 1 aromatic heterocycles. The van der Waals surface area contributed by atoms with Crippen molar-refractivity contribution in [1.29, 1.82) is 0 Å². The zero-order chi connectivity index (χ0) is 21.3. The third-order valence-electron chi connectivity index (χ3n) is 4.08. The molecule has 29 heavy (non-hydrogen) atoms. The standard InChI is InChI=1S/C19H19N3O6S/c1-10(2)22-29(26,27)12-5-7-16(28-3)14(9-12)17-20-15-6-4-11(19(24)25)8-13(15)18(23)21-17/h4-10,22H,1-3H3,(H,24,25)(H,20,21,23). The third-order valence-corrected chi connectivity index (χ3v) is 5.74. The van der Waals surface area contributed by atoms with E-state index in [1.165, 1.54) is 43.5 Å². The van der Waals surface area contributed by atoms with Gasteiger partial charge in [-0.1, -0.05) is 0 Å². The second kappa shape index (κ2) is 7.64. The van der Waals surface area contributed by atoms with E-state index in [0.717, 1.165) is 0 Å². The summed E-state index contributed by atoms with van der Waals surface area (Å²) in [5, 5.41) is 9.20. The van der Waals surface area contributed by atoms with Gasteiger partial charge < -0.3 is 14.8 Å². The van der Waals surface area contributed by atoms with Crippen molar-refractivity contribution in [1.82, 2.24) is 14.7 Å². The van der Waals surface area contributed by atoms with Crippen LogP contribution in [0.25, 0.3) is 22.3 Å². The minimum Gasteiger partial charge on any atom is -0.496 e. The number of carboxylic acid groups (broad SMARTS) is 1. The summed E-state index contributed by atoms with van der Waals surface area (Å²) in [6.07, 6.45) is 0. The largest absolute Gasteiger partial charge is 0.496 e. The predicted octanol–water partition coefficient (Wildman–Crippen LogP) is 1.98. The van der Waals surface area contributed by atoms with E-state index in [-0.39, 0.29) is 38.8 Å². The monoisotopic (exact) mass is 417 g/mol. The van der Waals surface area contributed by atoms with Gasteiger partial charge in [0, 0.05) is 6.04 Å². The molecule has 0 aliphatic rings. The first-order valence-electron chi connectivity index (χ1n) is 8.60. The van der Waals surface area contributed by atoms with Gasteiger partial charge in [0.1, 0.15) is 11.6 Å². The summed E-state index contributed by atoms with van der Waals surface area (Å²) in [7, 11) is -2.36. The highest BCUT2D eigenvalue weighted by Gasteiger charge is 2.20. The number of rotatable bonds is 6. The lowest BCUT2D eigenvalue weighted by Crippen LogP contribution is -2.30.